The molecule has 0 spiro atoms. The summed E-state index contributed by atoms with van der Waals surface area (Å²) in [6.07, 6.45) is 3.16. The van der Waals surface area contributed by atoms with E-state index in [9.17, 15) is 4.79 Å². The Labute approximate surface area is 116 Å². The highest BCUT2D eigenvalue weighted by molar-refractivity contribution is 5.75. The first-order valence-corrected chi connectivity index (χ1v) is 6.62. The van der Waals surface area contributed by atoms with Gasteiger partial charge in [-0.05, 0) is 44.0 Å². The quantitative estimate of drug-likeness (QED) is 0.716. The van der Waals surface area contributed by atoms with Crippen molar-refractivity contribution in [3.63, 3.8) is 0 Å². The first kappa shape index (κ1) is 12.6. The van der Waals surface area contributed by atoms with Crippen LogP contribution in [-0.2, 0) is 6.54 Å². The Balaban J connectivity index is 2.25. The van der Waals surface area contributed by atoms with E-state index in [1.807, 2.05) is 19.1 Å². The summed E-state index contributed by atoms with van der Waals surface area (Å²) in [7, 11) is 0. The lowest BCUT2D eigenvalue weighted by Crippen LogP contribution is -2.19. The van der Waals surface area contributed by atoms with Crippen LogP contribution in [0.5, 0.6) is 0 Å². The van der Waals surface area contributed by atoms with Gasteiger partial charge in [0.2, 0.25) is 0 Å². The Bertz CT molecular complexity index is 845. The minimum absolute atomic E-state index is 0.0485. The van der Waals surface area contributed by atoms with Gasteiger partial charge in [-0.2, -0.15) is 5.10 Å². The molecular formula is C15H16N4O. The summed E-state index contributed by atoms with van der Waals surface area (Å²) in [5.41, 5.74) is 3.89. The van der Waals surface area contributed by atoms with Gasteiger partial charge in [-0.3, -0.25) is 9.36 Å². The molecule has 3 aromatic rings. The Morgan fingerprint density at radius 3 is 2.70 bits per heavy atom. The minimum atomic E-state index is -0.0485. The van der Waals surface area contributed by atoms with Gasteiger partial charge in [-0.25, -0.2) is 9.67 Å². The maximum atomic E-state index is 12.2. The highest BCUT2D eigenvalue weighted by Gasteiger charge is 2.11. The summed E-state index contributed by atoms with van der Waals surface area (Å²) in [5, 5.41) is 4.86. The Morgan fingerprint density at radius 1 is 1.20 bits per heavy atom. The lowest BCUT2D eigenvalue weighted by molar-refractivity contribution is 0.715. The molecule has 3 rings (SSSR count). The second-order valence-electron chi connectivity index (χ2n) is 4.90. The van der Waals surface area contributed by atoms with Crippen molar-refractivity contribution in [2.24, 2.45) is 0 Å². The molecule has 0 aliphatic rings. The Kier molecular flexibility index (Phi) is 2.89. The zero-order valence-corrected chi connectivity index (χ0v) is 11.8. The fourth-order valence-corrected chi connectivity index (χ4v) is 2.22. The van der Waals surface area contributed by atoms with Crippen LogP contribution in [0, 0.1) is 13.8 Å². The summed E-state index contributed by atoms with van der Waals surface area (Å²) in [4.78, 5) is 16.6. The van der Waals surface area contributed by atoms with Crippen molar-refractivity contribution in [2.45, 2.75) is 27.3 Å². The standard InChI is InChI=1S/C15H16N4O/c1-4-18-9-16-14-13(15(18)20)8-17-19(14)12-6-5-10(2)11(3)7-12/h5-9H,4H2,1-3H3. The molecule has 0 N–H and O–H groups in total. The number of aromatic nitrogens is 4. The van der Waals surface area contributed by atoms with Crippen LogP contribution in [0.15, 0.2) is 35.5 Å². The molecule has 1 aromatic carbocycles. The van der Waals surface area contributed by atoms with E-state index in [1.54, 1.807) is 21.8 Å². The van der Waals surface area contributed by atoms with E-state index >= 15 is 0 Å². The van der Waals surface area contributed by atoms with Gasteiger partial charge in [0.15, 0.2) is 5.65 Å². The van der Waals surface area contributed by atoms with Crippen LogP contribution >= 0.6 is 0 Å². The van der Waals surface area contributed by atoms with Gasteiger partial charge in [-0.1, -0.05) is 6.07 Å². The molecule has 0 fully saturated rings. The highest BCUT2D eigenvalue weighted by atomic mass is 16.1. The van der Waals surface area contributed by atoms with E-state index in [0.29, 0.717) is 17.6 Å². The Hall–Kier alpha value is -2.43. The molecule has 0 radical (unpaired) electrons. The van der Waals surface area contributed by atoms with E-state index in [-0.39, 0.29) is 5.56 Å². The number of fused-ring (bicyclic) bond motifs is 1. The van der Waals surface area contributed by atoms with Crippen molar-refractivity contribution in [3.8, 4) is 5.69 Å². The van der Waals surface area contributed by atoms with E-state index in [0.717, 1.165) is 5.69 Å². The third-order valence-corrected chi connectivity index (χ3v) is 3.63. The monoisotopic (exact) mass is 268 g/mol. The third-order valence-electron chi connectivity index (χ3n) is 3.63. The summed E-state index contributed by atoms with van der Waals surface area (Å²) < 4.78 is 3.29. The van der Waals surface area contributed by atoms with Crippen LogP contribution in [0.2, 0.25) is 0 Å². The molecule has 20 heavy (non-hydrogen) atoms. The molecule has 0 saturated heterocycles. The van der Waals surface area contributed by atoms with Gasteiger partial charge in [0.1, 0.15) is 5.39 Å². The molecular weight excluding hydrogens is 252 g/mol. The minimum Gasteiger partial charge on any atom is -0.299 e. The molecule has 5 nitrogen and oxygen atoms in total. The first-order valence-electron chi connectivity index (χ1n) is 6.62. The lowest BCUT2D eigenvalue weighted by atomic mass is 10.1. The van der Waals surface area contributed by atoms with Crippen molar-refractivity contribution in [1.82, 2.24) is 19.3 Å². The molecule has 0 unspecified atom stereocenters. The number of benzene rings is 1. The molecule has 2 aromatic heterocycles. The van der Waals surface area contributed by atoms with Crippen molar-refractivity contribution in [3.05, 3.63) is 52.2 Å². The number of aryl methyl sites for hydroxylation is 3. The maximum Gasteiger partial charge on any atom is 0.264 e. The van der Waals surface area contributed by atoms with Crippen molar-refractivity contribution in [2.75, 3.05) is 0 Å². The molecule has 0 saturated carbocycles. The molecule has 5 heteroatoms. The molecule has 0 aliphatic heterocycles. The van der Waals surface area contributed by atoms with Crippen molar-refractivity contribution >= 4 is 11.0 Å². The van der Waals surface area contributed by atoms with Crippen LogP contribution in [0.4, 0.5) is 0 Å². The van der Waals surface area contributed by atoms with Gasteiger partial charge in [0.25, 0.3) is 5.56 Å². The molecule has 0 amide bonds. The average Bonchev–Trinajstić information content (AvgIpc) is 2.87. The van der Waals surface area contributed by atoms with Crippen LogP contribution < -0.4 is 5.56 Å². The second kappa shape index (κ2) is 4.59. The van der Waals surface area contributed by atoms with E-state index < -0.39 is 0 Å². The van der Waals surface area contributed by atoms with Crippen LogP contribution in [-0.4, -0.2) is 19.3 Å². The van der Waals surface area contributed by atoms with Gasteiger partial charge in [0.05, 0.1) is 18.2 Å². The van der Waals surface area contributed by atoms with Crippen LogP contribution in [0.1, 0.15) is 18.1 Å². The van der Waals surface area contributed by atoms with Crippen molar-refractivity contribution in [1.29, 1.82) is 0 Å². The van der Waals surface area contributed by atoms with Gasteiger partial charge in [0, 0.05) is 6.54 Å². The van der Waals surface area contributed by atoms with Crippen LogP contribution in [0.25, 0.3) is 16.7 Å². The SMILES string of the molecule is CCn1cnc2c(cnn2-c2ccc(C)c(C)c2)c1=O. The zero-order chi connectivity index (χ0) is 14.3. The maximum absolute atomic E-state index is 12.2. The van der Waals surface area contributed by atoms with Gasteiger partial charge >= 0.3 is 0 Å². The zero-order valence-electron chi connectivity index (χ0n) is 11.8. The largest absolute Gasteiger partial charge is 0.299 e. The Morgan fingerprint density at radius 2 is 2.00 bits per heavy atom. The summed E-state index contributed by atoms with van der Waals surface area (Å²) in [5.74, 6) is 0. The van der Waals surface area contributed by atoms with Crippen molar-refractivity contribution < 1.29 is 0 Å². The number of rotatable bonds is 2. The number of hydrogen-bond donors (Lipinski definition) is 0. The average molecular weight is 268 g/mol. The predicted molar refractivity (Wildman–Crippen MR) is 78.3 cm³/mol. The molecule has 0 aliphatic carbocycles. The molecule has 2 heterocycles. The molecule has 0 atom stereocenters. The van der Waals surface area contributed by atoms with E-state index in [4.69, 9.17) is 0 Å². The second-order valence-corrected chi connectivity index (χ2v) is 4.90. The summed E-state index contributed by atoms with van der Waals surface area (Å²) in [6.45, 7) is 6.65. The summed E-state index contributed by atoms with van der Waals surface area (Å²) >= 11 is 0. The summed E-state index contributed by atoms with van der Waals surface area (Å²) in [6, 6.07) is 6.09. The third kappa shape index (κ3) is 1.82. The smallest absolute Gasteiger partial charge is 0.264 e. The lowest BCUT2D eigenvalue weighted by Gasteiger charge is -2.06. The first-order chi connectivity index (χ1) is 9.61. The number of nitrogens with zero attached hydrogens (tertiary/aromatic N) is 4. The fourth-order valence-electron chi connectivity index (χ4n) is 2.22. The number of hydrogen-bond acceptors (Lipinski definition) is 3. The topological polar surface area (TPSA) is 52.7 Å². The van der Waals surface area contributed by atoms with E-state index in [2.05, 4.69) is 30.0 Å². The van der Waals surface area contributed by atoms with Crippen LogP contribution in [0.3, 0.4) is 0 Å². The predicted octanol–water partition coefficient (Wildman–Crippen LogP) is 2.22. The normalized spacial score (nSPS) is 11.2. The fraction of sp³-hybridized carbons (Fsp3) is 0.267. The van der Waals surface area contributed by atoms with E-state index in [1.165, 1.54) is 11.1 Å². The highest BCUT2D eigenvalue weighted by Crippen LogP contribution is 2.17. The molecule has 102 valence electrons. The van der Waals surface area contributed by atoms with Gasteiger partial charge < -0.3 is 0 Å². The van der Waals surface area contributed by atoms with Gasteiger partial charge in [-0.15, -0.1) is 0 Å². The molecule has 0 bridgehead atoms.